The summed E-state index contributed by atoms with van der Waals surface area (Å²) in [4.78, 5) is 17.6. The zero-order chi connectivity index (χ0) is 44.6. The summed E-state index contributed by atoms with van der Waals surface area (Å²) in [5.41, 5.74) is 17.5. The van der Waals surface area contributed by atoms with Crippen molar-refractivity contribution < 1.29 is 0 Å². The van der Waals surface area contributed by atoms with Crippen molar-refractivity contribution in [3.63, 3.8) is 0 Å². The third-order valence-corrected chi connectivity index (χ3v) is 14.3. The first-order chi connectivity index (χ1) is 32.9. The normalized spacial score (nSPS) is 14.2. The lowest BCUT2D eigenvalue weighted by atomic mass is 9.75. The van der Waals surface area contributed by atoms with Gasteiger partial charge in [0, 0.05) is 38.4 Å². The molecule has 0 radical (unpaired) electrons. The molecule has 10 aromatic carbocycles. The number of hydrogen-bond acceptors (Lipinski definition) is 3. The zero-order valence-corrected chi connectivity index (χ0v) is 37.4. The molecule has 2 aromatic heterocycles. The molecule has 1 unspecified atom stereocenters. The van der Waals surface area contributed by atoms with Gasteiger partial charge in [0.1, 0.15) is 0 Å². The van der Waals surface area contributed by atoms with E-state index in [-0.39, 0.29) is 10.7 Å². The number of halogens is 1. The highest BCUT2D eigenvalue weighted by Gasteiger charge is 2.40. The largest absolute Gasteiger partial charge is 0.354 e. The highest BCUT2D eigenvalue weighted by molar-refractivity contribution is 6.28. The van der Waals surface area contributed by atoms with Crippen LogP contribution in [-0.4, -0.2) is 19.9 Å². The SMILES string of the molecule is CC1(Cc2ccc(-c3ccc(-c4nc(Cl)nc(-c5ccc(-c6ccccc6)cc5)n4)cc3)cc2)c2ccc(-c3cccc4c3[nH]c3ccc5ccccc5c34)cc2-c2c1ccc1ccccc21. The van der Waals surface area contributed by atoms with Crippen LogP contribution >= 0.6 is 11.6 Å². The third kappa shape index (κ3) is 6.55. The Kier molecular flexibility index (Phi) is 9.06. The second-order valence-corrected chi connectivity index (χ2v) is 18.3. The van der Waals surface area contributed by atoms with Crippen LogP contribution in [0.25, 0.3) is 111 Å². The number of hydrogen-bond donors (Lipinski definition) is 1. The van der Waals surface area contributed by atoms with E-state index in [9.17, 15) is 0 Å². The molecule has 12 aromatic rings. The van der Waals surface area contributed by atoms with Crippen molar-refractivity contribution in [3.05, 3.63) is 234 Å². The van der Waals surface area contributed by atoms with Crippen LogP contribution in [0.3, 0.4) is 0 Å². The average molecular weight is 877 g/mol. The van der Waals surface area contributed by atoms with Gasteiger partial charge in [0.25, 0.3) is 0 Å². The van der Waals surface area contributed by atoms with Gasteiger partial charge in [-0.05, 0) is 107 Å². The molecule has 1 aliphatic carbocycles. The predicted molar refractivity (Wildman–Crippen MR) is 278 cm³/mol. The van der Waals surface area contributed by atoms with E-state index in [0.717, 1.165) is 45.3 Å². The molecular formula is C62H41ClN4. The van der Waals surface area contributed by atoms with Crippen molar-refractivity contribution in [1.82, 2.24) is 19.9 Å². The number of aromatic amines is 1. The summed E-state index contributed by atoms with van der Waals surface area (Å²) < 4.78 is 0. The van der Waals surface area contributed by atoms with Crippen molar-refractivity contribution in [2.45, 2.75) is 18.8 Å². The molecule has 0 amide bonds. The summed E-state index contributed by atoms with van der Waals surface area (Å²) in [6, 6.07) is 76.5. The van der Waals surface area contributed by atoms with Gasteiger partial charge in [-0.15, -0.1) is 0 Å². The predicted octanol–water partition coefficient (Wildman–Crippen LogP) is 16.3. The van der Waals surface area contributed by atoms with Gasteiger partial charge in [0.05, 0.1) is 5.52 Å². The van der Waals surface area contributed by atoms with E-state index in [2.05, 4.69) is 204 Å². The first-order valence-electron chi connectivity index (χ1n) is 22.8. The summed E-state index contributed by atoms with van der Waals surface area (Å²) in [6.45, 7) is 2.43. The smallest absolute Gasteiger partial charge is 0.226 e. The maximum Gasteiger partial charge on any atom is 0.226 e. The summed E-state index contributed by atoms with van der Waals surface area (Å²) in [6.07, 6.45) is 0.867. The standard InChI is InChI=1S/C62H41ClN4/c1-62(37-38-18-20-40(21-19-38)42-24-28-46(29-25-42)60-65-59(66-61(63)67-60)45-26-22-41(23-27-45)39-10-3-2-4-11-39)53-33-31-47(36-52(53)56-48-14-7-5-12-43(48)30-34-54(56)62)50-16-9-17-51-57-49-15-8-6-13-44(49)32-35-55(57)64-58(50)51/h2-36,64H,37H2,1H3. The number of H-pyrrole nitrogens is 1. The van der Waals surface area contributed by atoms with E-state index in [4.69, 9.17) is 16.6 Å². The molecule has 2 heterocycles. The third-order valence-electron chi connectivity index (χ3n) is 14.1. The molecule has 1 N–H and O–H groups in total. The van der Waals surface area contributed by atoms with E-state index < -0.39 is 0 Å². The van der Waals surface area contributed by atoms with Crippen molar-refractivity contribution in [2.75, 3.05) is 0 Å². The molecule has 0 fully saturated rings. The van der Waals surface area contributed by atoms with Gasteiger partial charge in [-0.2, -0.15) is 9.97 Å². The Bertz CT molecular complexity index is 3890. The van der Waals surface area contributed by atoms with Gasteiger partial charge in [0.2, 0.25) is 5.28 Å². The number of para-hydroxylation sites is 1. The minimum atomic E-state index is -0.239. The van der Waals surface area contributed by atoms with Gasteiger partial charge >= 0.3 is 0 Å². The highest BCUT2D eigenvalue weighted by Crippen LogP contribution is 2.54. The van der Waals surface area contributed by atoms with Crippen molar-refractivity contribution in [3.8, 4) is 67.3 Å². The molecule has 5 heteroatoms. The number of nitrogens with zero attached hydrogens (tertiary/aromatic N) is 3. The molecular weight excluding hydrogens is 836 g/mol. The van der Waals surface area contributed by atoms with Crippen LogP contribution in [0.1, 0.15) is 23.6 Å². The van der Waals surface area contributed by atoms with Crippen LogP contribution in [0.15, 0.2) is 212 Å². The molecule has 0 saturated heterocycles. The fraction of sp³-hybridized carbons (Fsp3) is 0.0484. The van der Waals surface area contributed by atoms with E-state index in [0.29, 0.717) is 11.6 Å². The van der Waals surface area contributed by atoms with E-state index in [1.807, 2.05) is 30.3 Å². The summed E-state index contributed by atoms with van der Waals surface area (Å²) in [7, 11) is 0. The van der Waals surface area contributed by atoms with Crippen LogP contribution in [-0.2, 0) is 11.8 Å². The lowest BCUT2D eigenvalue weighted by Gasteiger charge is -2.28. The monoisotopic (exact) mass is 876 g/mol. The number of nitrogens with one attached hydrogen (secondary N) is 1. The molecule has 316 valence electrons. The highest BCUT2D eigenvalue weighted by atomic mass is 35.5. The van der Waals surface area contributed by atoms with Crippen LogP contribution in [0.2, 0.25) is 5.28 Å². The summed E-state index contributed by atoms with van der Waals surface area (Å²) >= 11 is 6.49. The number of rotatable bonds is 7. The second kappa shape index (κ2) is 15.5. The Labute approximate surface area is 393 Å². The molecule has 67 heavy (non-hydrogen) atoms. The molecule has 4 nitrogen and oxygen atoms in total. The number of fused-ring (bicyclic) bond motifs is 10. The van der Waals surface area contributed by atoms with E-state index in [1.165, 1.54) is 76.8 Å². The van der Waals surface area contributed by atoms with E-state index >= 15 is 0 Å². The quantitative estimate of drug-likeness (QED) is 0.174. The van der Waals surface area contributed by atoms with Crippen molar-refractivity contribution >= 4 is 55.0 Å². The minimum absolute atomic E-state index is 0.165. The molecule has 1 aliphatic rings. The zero-order valence-electron chi connectivity index (χ0n) is 36.6. The van der Waals surface area contributed by atoms with E-state index in [1.54, 1.807) is 0 Å². The molecule has 0 saturated carbocycles. The Morgan fingerprint density at radius 3 is 1.67 bits per heavy atom. The lowest BCUT2D eigenvalue weighted by molar-refractivity contribution is 0.583. The Hall–Kier alpha value is -8.18. The number of aromatic nitrogens is 4. The first kappa shape index (κ1) is 39.2. The molecule has 0 bridgehead atoms. The summed E-state index contributed by atoms with van der Waals surface area (Å²) in [5, 5.41) is 7.78. The van der Waals surface area contributed by atoms with Crippen LogP contribution < -0.4 is 0 Å². The van der Waals surface area contributed by atoms with Crippen molar-refractivity contribution in [2.24, 2.45) is 0 Å². The molecule has 0 spiro atoms. The average Bonchev–Trinajstić information content (AvgIpc) is 3.89. The fourth-order valence-corrected chi connectivity index (χ4v) is 10.9. The Morgan fingerprint density at radius 1 is 0.433 bits per heavy atom. The van der Waals surface area contributed by atoms with Crippen LogP contribution in [0.4, 0.5) is 0 Å². The molecule has 13 rings (SSSR count). The Morgan fingerprint density at radius 2 is 0.970 bits per heavy atom. The second-order valence-electron chi connectivity index (χ2n) is 18.0. The molecule has 0 aliphatic heterocycles. The van der Waals surface area contributed by atoms with Gasteiger partial charge in [0.15, 0.2) is 11.6 Å². The van der Waals surface area contributed by atoms with Gasteiger partial charge < -0.3 is 4.98 Å². The summed E-state index contributed by atoms with van der Waals surface area (Å²) in [5.74, 6) is 1.08. The maximum atomic E-state index is 6.49. The topological polar surface area (TPSA) is 54.5 Å². The van der Waals surface area contributed by atoms with Crippen molar-refractivity contribution in [1.29, 1.82) is 0 Å². The van der Waals surface area contributed by atoms with Crippen LogP contribution in [0.5, 0.6) is 0 Å². The van der Waals surface area contributed by atoms with Gasteiger partial charge in [-0.3, -0.25) is 0 Å². The first-order valence-corrected chi connectivity index (χ1v) is 23.2. The fourth-order valence-electron chi connectivity index (χ4n) is 10.8. The maximum absolute atomic E-state index is 6.49. The van der Waals surface area contributed by atoms with Gasteiger partial charge in [-0.25, -0.2) is 4.98 Å². The van der Waals surface area contributed by atoms with Crippen LogP contribution in [0, 0.1) is 0 Å². The number of benzene rings is 10. The Balaban J connectivity index is 0.812. The minimum Gasteiger partial charge on any atom is -0.354 e. The lowest BCUT2D eigenvalue weighted by Crippen LogP contribution is -2.24. The molecule has 1 atom stereocenters. The van der Waals surface area contributed by atoms with Gasteiger partial charge in [-0.1, -0.05) is 207 Å².